The highest BCUT2D eigenvalue weighted by atomic mass is 32.1. The number of hydrogen-bond acceptors (Lipinski definition) is 4. The van der Waals surface area contributed by atoms with E-state index in [0.717, 1.165) is 5.69 Å². The van der Waals surface area contributed by atoms with E-state index in [1.165, 1.54) is 25.8 Å². The van der Waals surface area contributed by atoms with Gasteiger partial charge in [-0.3, -0.25) is 0 Å². The molecule has 0 spiro atoms. The van der Waals surface area contributed by atoms with Crippen LogP contribution in [0, 0.1) is 0 Å². The van der Waals surface area contributed by atoms with Crippen molar-refractivity contribution in [2.75, 3.05) is 13.6 Å². The minimum Gasteiger partial charge on any atom is -0.321 e. The molecular formula is C10H17N3S. The van der Waals surface area contributed by atoms with Crippen molar-refractivity contribution in [2.45, 2.75) is 31.3 Å². The highest BCUT2D eigenvalue weighted by molar-refractivity contribution is 7.07. The summed E-state index contributed by atoms with van der Waals surface area (Å²) in [6, 6.07) is 0.567. The second-order valence-electron chi connectivity index (χ2n) is 3.98. The maximum Gasteiger partial charge on any atom is 0.0795 e. The predicted molar refractivity (Wildman–Crippen MR) is 59.3 cm³/mol. The molecule has 1 aromatic heterocycles. The molecule has 0 aliphatic carbocycles. The van der Waals surface area contributed by atoms with Gasteiger partial charge < -0.3 is 10.6 Å². The van der Waals surface area contributed by atoms with Gasteiger partial charge in [0, 0.05) is 11.4 Å². The van der Waals surface area contributed by atoms with Crippen LogP contribution in [0.1, 0.15) is 31.0 Å². The Morgan fingerprint density at radius 1 is 1.64 bits per heavy atom. The molecule has 3 nitrogen and oxygen atoms in total. The van der Waals surface area contributed by atoms with E-state index >= 15 is 0 Å². The standard InChI is InChI=1S/C10H17N3S/c1-13-5-3-2-4-9(13)10(11)8-6-14-7-12-8/h6-7,9-10H,2-5,11H2,1H3. The van der Waals surface area contributed by atoms with Crippen molar-refractivity contribution in [3.8, 4) is 0 Å². The van der Waals surface area contributed by atoms with E-state index in [2.05, 4.69) is 22.3 Å². The Morgan fingerprint density at radius 3 is 3.14 bits per heavy atom. The van der Waals surface area contributed by atoms with Crippen LogP contribution in [-0.2, 0) is 0 Å². The lowest BCUT2D eigenvalue weighted by Crippen LogP contribution is -2.43. The fraction of sp³-hybridized carbons (Fsp3) is 0.700. The van der Waals surface area contributed by atoms with E-state index in [4.69, 9.17) is 5.73 Å². The van der Waals surface area contributed by atoms with Gasteiger partial charge in [-0.25, -0.2) is 4.98 Å². The van der Waals surface area contributed by atoms with E-state index in [-0.39, 0.29) is 6.04 Å². The van der Waals surface area contributed by atoms with Gasteiger partial charge in [-0.1, -0.05) is 6.42 Å². The van der Waals surface area contributed by atoms with Gasteiger partial charge in [0.2, 0.25) is 0 Å². The van der Waals surface area contributed by atoms with Gasteiger partial charge in [-0.05, 0) is 26.4 Å². The van der Waals surface area contributed by atoms with Crippen molar-refractivity contribution in [1.82, 2.24) is 9.88 Å². The summed E-state index contributed by atoms with van der Waals surface area (Å²) in [5, 5.41) is 2.06. The summed E-state index contributed by atoms with van der Waals surface area (Å²) < 4.78 is 0. The molecule has 1 saturated heterocycles. The van der Waals surface area contributed by atoms with Gasteiger partial charge in [0.15, 0.2) is 0 Å². The van der Waals surface area contributed by atoms with E-state index in [1.807, 2.05) is 5.51 Å². The summed E-state index contributed by atoms with van der Waals surface area (Å²) in [5.41, 5.74) is 9.12. The van der Waals surface area contributed by atoms with Crippen molar-refractivity contribution in [1.29, 1.82) is 0 Å². The van der Waals surface area contributed by atoms with E-state index in [1.54, 1.807) is 11.3 Å². The first-order valence-corrected chi connectivity index (χ1v) is 6.07. The third-order valence-electron chi connectivity index (χ3n) is 3.03. The van der Waals surface area contributed by atoms with Gasteiger partial charge in [0.1, 0.15) is 0 Å². The maximum atomic E-state index is 6.21. The molecule has 1 aromatic rings. The monoisotopic (exact) mass is 211 g/mol. The first-order chi connectivity index (χ1) is 6.79. The minimum absolute atomic E-state index is 0.0894. The maximum absolute atomic E-state index is 6.21. The van der Waals surface area contributed by atoms with Crippen molar-refractivity contribution in [2.24, 2.45) is 5.73 Å². The number of aromatic nitrogens is 1. The average Bonchev–Trinajstić information content (AvgIpc) is 2.70. The molecule has 0 amide bonds. The Bertz CT molecular complexity index is 273. The van der Waals surface area contributed by atoms with Gasteiger partial charge in [-0.15, -0.1) is 11.3 Å². The van der Waals surface area contributed by atoms with Crippen LogP contribution in [0.5, 0.6) is 0 Å². The van der Waals surface area contributed by atoms with E-state index in [0.29, 0.717) is 6.04 Å². The molecule has 4 heteroatoms. The Kier molecular flexibility index (Phi) is 3.15. The third-order valence-corrected chi connectivity index (χ3v) is 3.64. The second kappa shape index (κ2) is 4.38. The smallest absolute Gasteiger partial charge is 0.0795 e. The van der Waals surface area contributed by atoms with E-state index < -0.39 is 0 Å². The predicted octanol–water partition coefficient (Wildman–Crippen LogP) is 1.63. The lowest BCUT2D eigenvalue weighted by Gasteiger charge is -2.35. The number of hydrogen-bond donors (Lipinski definition) is 1. The Hall–Kier alpha value is -0.450. The van der Waals surface area contributed by atoms with Crippen molar-refractivity contribution >= 4 is 11.3 Å². The molecule has 0 bridgehead atoms. The normalized spacial score (nSPS) is 26.3. The lowest BCUT2D eigenvalue weighted by atomic mass is 9.95. The number of nitrogens with zero attached hydrogens (tertiary/aromatic N) is 2. The summed E-state index contributed by atoms with van der Waals surface area (Å²) in [4.78, 5) is 6.66. The number of likely N-dealkylation sites (N-methyl/N-ethyl adjacent to an activating group) is 1. The zero-order valence-electron chi connectivity index (χ0n) is 8.52. The third kappa shape index (κ3) is 1.97. The SMILES string of the molecule is CN1CCCCC1C(N)c1cscn1. The van der Waals surface area contributed by atoms with Crippen molar-refractivity contribution in [3.63, 3.8) is 0 Å². The molecule has 1 aliphatic heterocycles. The molecule has 14 heavy (non-hydrogen) atoms. The van der Waals surface area contributed by atoms with Crippen molar-refractivity contribution < 1.29 is 0 Å². The summed E-state index contributed by atoms with van der Waals surface area (Å²) in [6.07, 6.45) is 3.80. The zero-order valence-corrected chi connectivity index (χ0v) is 9.33. The van der Waals surface area contributed by atoms with E-state index in [9.17, 15) is 0 Å². The largest absolute Gasteiger partial charge is 0.321 e. The molecule has 2 heterocycles. The van der Waals surface area contributed by atoms with Crippen LogP contribution in [-0.4, -0.2) is 29.5 Å². The molecule has 78 valence electrons. The molecule has 2 N–H and O–H groups in total. The average molecular weight is 211 g/mol. The first kappa shape index (κ1) is 10.1. The van der Waals surface area contributed by atoms with Gasteiger partial charge in [0.25, 0.3) is 0 Å². The Labute approximate surface area is 88.9 Å². The first-order valence-electron chi connectivity index (χ1n) is 5.13. The summed E-state index contributed by atoms with van der Waals surface area (Å²) >= 11 is 1.62. The second-order valence-corrected chi connectivity index (χ2v) is 4.70. The van der Waals surface area contributed by atoms with Gasteiger partial charge in [-0.2, -0.15) is 0 Å². The number of piperidine rings is 1. The molecule has 2 atom stereocenters. The van der Waals surface area contributed by atoms with Gasteiger partial charge in [0.05, 0.1) is 17.2 Å². The molecule has 1 aliphatic rings. The van der Waals surface area contributed by atoms with Crippen LogP contribution in [0.3, 0.4) is 0 Å². The van der Waals surface area contributed by atoms with Crippen LogP contribution in [0.4, 0.5) is 0 Å². The molecule has 0 radical (unpaired) electrons. The Balaban J connectivity index is 2.06. The molecule has 0 saturated carbocycles. The highest BCUT2D eigenvalue weighted by Gasteiger charge is 2.26. The summed E-state index contributed by atoms with van der Waals surface area (Å²) in [6.45, 7) is 1.17. The van der Waals surface area contributed by atoms with Gasteiger partial charge >= 0.3 is 0 Å². The van der Waals surface area contributed by atoms with Crippen LogP contribution in [0.15, 0.2) is 10.9 Å². The fourth-order valence-electron chi connectivity index (χ4n) is 2.14. The lowest BCUT2D eigenvalue weighted by molar-refractivity contribution is 0.159. The zero-order chi connectivity index (χ0) is 9.97. The van der Waals surface area contributed by atoms with Crippen molar-refractivity contribution in [3.05, 3.63) is 16.6 Å². The summed E-state index contributed by atoms with van der Waals surface area (Å²) in [7, 11) is 2.16. The topological polar surface area (TPSA) is 42.1 Å². The number of likely N-dealkylation sites (tertiary alicyclic amines) is 1. The molecule has 2 rings (SSSR count). The highest BCUT2D eigenvalue weighted by Crippen LogP contribution is 2.25. The molecule has 1 fully saturated rings. The number of rotatable bonds is 2. The minimum atomic E-state index is 0.0894. The van der Waals surface area contributed by atoms with Crippen LogP contribution in [0.25, 0.3) is 0 Å². The molecule has 0 aromatic carbocycles. The van der Waals surface area contributed by atoms with Crippen LogP contribution < -0.4 is 5.73 Å². The fourth-order valence-corrected chi connectivity index (χ4v) is 2.74. The molecular weight excluding hydrogens is 194 g/mol. The summed E-state index contributed by atoms with van der Waals surface area (Å²) in [5.74, 6) is 0. The Morgan fingerprint density at radius 2 is 2.50 bits per heavy atom. The number of nitrogens with two attached hydrogens (primary N) is 1. The quantitative estimate of drug-likeness (QED) is 0.808. The molecule has 2 unspecified atom stereocenters. The van der Waals surface area contributed by atoms with Crippen LogP contribution in [0.2, 0.25) is 0 Å². The van der Waals surface area contributed by atoms with Crippen LogP contribution >= 0.6 is 11.3 Å². The number of thiazole rings is 1.